The molecule has 2 aromatic carbocycles. The predicted molar refractivity (Wildman–Crippen MR) is 93.3 cm³/mol. The van der Waals surface area contributed by atoms with Gasteiger partial charge in [0.25, 0.3) is 0 Å². The molecule has 0 spiro atoms. The van der Waals surface area contributed by atoms with Crippen molar-refractivity contribution in [1.29, 1.82) is 0 Å². The first-order valence-corrected chi connectivity index (χ1v) is 7.53. The van der Waals surface area contributed by atoms with Crippen molar-refractivity contribution in [3.05, 3.63) is 58.6 Å². The highest BCUT2D eigenvalue weighted by atomic mass is 35.5. The summed E-state index contributed by atoms with van der Waals surface area (Å²) in [5.41, 5.74) is 3.59. The standard InChI is InChI=1S/C18H23ClN2/c1-13(2)10-15-11-16(19)6-9-18(15)21-12-14-4-7-17(20-3)8-5-14/h4-9,11,13,20-21H,10,12H2,1-3H3/i10D2. The molecule has 0 unspecified atom stereocenters. The molecule has 21 heavy (non-hydrogen) atoms. The molecule has 2 rings (SSSR count). The second-order valence-corrected chi connectivity index (χ2v) is 5.73. The van der Waals surface area contributed by atoms with E-state index in [2.05, 4.69) is 10.6 Å². The second-order valence-electron chi connectivity index (χ2n) is 5.29. The van der Waals surface area contributed by atoms with E-state index in [1.807, 2.05) is 51.2 Å². The van der Waals surface area contributed by atoms with E-state index >= 15 is 0 Å². The average molecular weight is 305 g/mol. The van der Waals surface area contributed by atoms with Crippen LogP contribution in [-0.4, -0.2) is 7.05 Å². The Bertz CT molecular complexity index is 655. The van der Waals surface area contributed by atoms with Crippen molar-refractivity contribution in [2.45, 2.75) is 26.8 Å². The Morgan fingerprint density at radius 2 is 1.86 bits per heavy atom. The van der Waals surface area contributed by atoms with E-state index in [0.717, 1.165) is 16.9 Å². The van der Waals surface area contributed by atoms with E-state index < -0.39 is 6.37 Å². The van der Waals surface area contributed by atoms with Crippen molar-refractivity contribution in [3.8, 4) is 0 Å². The second kappa shape index (κ2) is 7.37. The van der Waals surface area contributed by atoms with Crippen molar-refractivity contribution in [2.24, 2.45) is 5.92 Å². The SMILES string of the molecule is [2H]C([2H])(c1cc(Cl)ccc1NCc1ccc(NC)cc1)C(C)C. The monoisotopic (exact) mass is 304 g/mol. The maximum absolute atomic E-state index is 8.36. The maximum Gasteiger partial charge on any atom is 0.0410 e. The largest absolute Gasteiger partial charge is 0.388 e. The van der Waals surface area contributed by atoms with Gasteiger partial charge in [-0.1, -0.05) is 37.6 Å². The van der Waals surface area contributed by atoms with Crippen LogP contribution in [0.15, 0.2) is 42.5 Å². The number of halogens is 1. The summed E-state index contributed by atoms with van der Waals surface area (Å²) in [6.07, 6.45) is -1.44. The molecule has 0 bridgehead atoms. The Hall–Kier alpha value is -1.67. The van der Waals surface area contributed by atoms with Crippen LogP contribution < -0.4 is 10.6 Å². The number of benzene rings is 2. The summed E-state index contributed by atoms with van der Waals surface area (Å²) in [5, 5.41) is 6.98. The lowest BCUT2D eigenvalue weighted by molar-refractivity contribution is 0.648. The first kappa shape index (κ1) is 13.0. The smallest absolute Gasteiger partial charge is 0.0410 e. The normalized spacial score (nSPS) is 12.8. The summed E-state index contributed by atoms with van der Waals surface area (Å²) >= 11 is 6.08. The van der Waals surface area contributed by atoms with Crippen LogP contribution in [0.4, 0.5) is 11.4 Å². The molecule has 0 aliphatic heterocycles. The van der Waals surface area contributed by atoms with Gasteiger partial charge in [-0.15, -0.1) is 0 Å². The topological polar surface area (TPSA) is 24.1 Å². The van der Waals surface area contributed by atoms with Crippen LogP contribution in [0.2, 0.25) is 5.02 Å². The minimum absolute atomic E-state index is 0.142. The molecule has 0 aromatic heterocycles. The minimum atomic E-state index is -1.44. The molecule has 3 heteroatoms. The third-order valence-corrected chi connectivity index (χ3v) is 3.39. The summed E-state index contributed by atoms with van der Waals surface area (Å²) in [6.45, 7) is 4.38. The fourth-order valence-corrected chi connectivity index (χ4v) is 2.26. The molecule has 2 N–H and O–H groups in total. The number of hydrogen-bond acceptors (Lipinski definition) is 2. The highest BCUT2D eigenvalue weighted by Crippen LogP contribution is 2.24. The quantitative estimate of drug-likeness (QED) is 0.767. The van der Waals surface area contributed by atoms with E-state index in [1.165, 1.54) is 0 Å². The van der Waals surface area contributed by atoms with Gasteiger partial charge in [0.15, 0.2) is 0 Å². The molecule has 0 atom stereocenters. The van der Waals surface area contributed by atoms with Crippen LogP contribution in [0, 0.1) is 5.92 Å². The molecule has 0 radical (unpaired) electrons. The summed E-state index contributed by atoms with van der Waals surface area (Å²) in [6, 6.07) is 13.5. The fraction of sp³-hybridized carbons (Fsp3) is 0.333. The third-order valence-electron chi connectivity index (χ3n) is 3.15. The molecule has 0 saturated heterocycles. The van der Waals surface area contributed by atoms with Gasteiger partial charge >= 0.3 is 0 Å². The third kappa shape index (κ3) is 4.68. The van der Waals surface area contributed by atoms with Gasteiger partial charge in [0, 0.05) is 32.7 Å². The van der Waals surface area contributed by atoms with Crippen LogP contribution in [-0.2, 0) is 12.9 Å². The Kier molecular flexibility index (Phi) is 4.57. The predicted octanol–water partition coefficient (Wildman–Crippen LogP) is 5.19. The Balaban J connectivity index is 2.22. The molecule has 0 aliphatic carbocycles. The molecule has 0 amide bonds. The summed E-state index contributed by atoms with van der Waals surface area (Å²) in [4.78, 5) is 0. The first-order valence-electron chi connectivity index (χ1n) is 8.15. The number of hydrogen-bond donors (Lipinski definition) is 2. The van der Waals surface area contributed by atoms with E-state index in [-0.39, 0.29) is 5.92 Å². The lowest BCUT2D eigenvalue weighted by Crippen LogP contribution is -2.04. The fourth-order valence-electron chi connectivity index (χ4n) is 2.09. The molecule has 0 fully saturated rings. The molecule has 0 heterocycles. The maximum atomic E-state index is 8.36. The Morgan fingerprint density at radius 1 is 1.14 bits per heavy atom. The van der Waals surface area contributed by atoms with E-state index in [1.54, 1.807) is 12.1 Å². The lowest BCUT2D eigenvalue weighted by atomic mass is 10.0. The number of rotatable bonds is 6. The van der Waals surface area contributed by atoms with Gasteiger partial charge in [-0.3, -0.25) is 0 Å². The summed E-state index contributed by atoms with van der Waals surface area (Å²) < 4.78 is 16.7. The van der Waals surface area contributed by atoms with Gasteiger partial charge in [-0.25, -0.2) is 0 Å². The molecular formula is C18H23ClN2. The van der Waals surface area contributed by atoms with Crippen molar-refractivity contribution in [3.63, 3.8) is 0 Å². The lowest BCUT2D eigenvalue weighted by Gasteiger charge is -2.14. The van der Waals surface area contributed by atoms with Gasteiger partial charge < -0.3 is 10.6 Å². The summed E-state index contributed by atoms with van der Waals surface area (Å²) in [7, 11) is 1.89. The highest BCUT2D eigenvalue weighted by molar-refractivity contribution is 6.30. The van der Waals surface area contributed by atoms with Crippen LogP contribution >= 0.6 is 11.6 Å². The van der Waals surface area contributed by atoms with Crippen molar-refractivity contribution >= 4 is 23.0 Å². The van der Waals surface area contributed by atoms with Crippen LogP contribution in [0.1, 0.15) is 27.7 Å². The Labute approximate surface area is 135 Å². The molecule has 2 nitrogen and oxygen atoms in total. The molecule has 0 saturated carbocycles. The van der Waals surface area contributed by atoms with Crippen LogP contribution in [0.3, 0.4) is 0 Å². The Morgan fingerprint density at radius 3 is 2.48 bits per heavy atom. The molecule has 2 aromatic rings. The molecular weight excluding hydrogens is 280 g/mol. The minimum Gasteiger partial charge on any atom is -0.388 e. The van der Waals surface area contributed by atoms with E-state index in [4.69, 9.17) is 14.3 Å². The first-order chi connectivity index (χ1) is 10.8. The van der Waals surface area contributed by atoms with E-state index in [9.17, 15) is 0 Å². The molecule has 112 valence electrons. The van der Waals surface area contributed by atoms with E-state index in [0.29, 0.717) is 17.1 Å². The average Bonchev–Trinajstić information content (AvgIpc) is 2.54. The van der Waals surface area contributed by atoms with Crippen molar-refractivity contribution in [1.82, 2.24) is 0 Å². The van der Waals surface area contributed by atoms with Crippen molar-refractivity contribution < 1.29 is 2.74 Å². The zero-order chi connectivity index (χ0) is 17.0. The van der Waals surface area contributed by atoms with Crippen LogP contribution in [0.25, 0.3) is 0 Å². The number of anilines is 2. The van der Waals surface area contributed by atoms with Crippen molar-refractivity contribution in [2.75, 3.05) is 17.7 Å². The van der Waals surface area contributed by atoms with Gasteiger partial charge in [-0.2, -0.15) is 0 Å². The zero-order valence-corrected chi connectivity index (χ0v) is 13.5. The highest BCUT2D eigenvalue weighted by Gasteiger charge is 2.06. The zero-order valence-electron chi connectivity index (χ0n) is 14.7. The molecule has 0 aliphatic rings. The van der Waals surface area contributed by atoms with Gasteiger partial charge in [-0.05, 0) is 53.7 Å². The number of nitrogens with one attached hydrogen (secondary N) is 2. The van der Waals surface area contributed by atoms with Gasteiger partial charge in [0.2, 0.25) is 0 Å². The van der Waals surface area contributed by atoms with Crippen LogP contribution in [0.5, 0.6) is 0 Å². The summed E-state index contributed by atoms with van der Waals surface area (Å²) in [5.74, 6) is -0.142. The van der Waals surface area contributed by atoms with Gasteiger partial charge in [0.1, 0.15) is 0 Å². The van der Waals surface area contributed by atoms with Gasteiger partial charge in [0.05, 0.1) is 0 Å².